The van der Waals surface area contributed by atoms with E-state index < -0.39 is 11.4 Å². The molecule has 0 aromatic heterocycles. The normalized spacial score (nSPS) is 25.9. The molecule has 2 N–H and O–H groups in total. The fourth-order valence-corrected chi connectivity index (χ4v) is 4.92. The number of guanidine groups is 1. The highest BCUT2D eigenvalue weighted by Gasteiger charge is 2.47. The number of nitrogens with one attached hydrogen (secondary N) is 2. The molecular formula is C19H21FN4OS. The van der Waals surface area contributed by atoms with Crippen LogP contribution in [0, 0.1) is 28.5 Å². The Labute approximate surface area is 156 Å². The number of allylic oxidation sites excluding steroid dienone is 1. The van der Waals surface area contributed by atoms with E-state index in [1.807, 2.05) is 19.9 Å². The second kappa shape index (κ2) is 6.76. The Balaban J connectivity index is 1.96. The molecule has 2 unspecified atom stereocenters. The second-order valence-corrected chi connectivity index (χ2v) is 8.09. The Hall–Kier alpha value is -2.33. The molecule has 5 nitrogen and oxygen atoms in total. The second-order valence-electron chi connectivity index (χ2n) is 7.03. The van der Waals surface area contributed by atoms with Crippen LogP contribution < -0.4 is 5.32 Å². The lowest BCUT2D eigenvalue weighted by Crippen LogP contribution is -2.64. The molecule has 1 fully saturated rings. The summed E-state index contributed by atoms with van der Waals surface area (Å²) in [4.78, 5) is 14.7. The first-order chi connectivity index (χ1) is 12.3. The zero-order valence-corrected chi connectivity index (χ0v) is 15.8. The van der Waals surface area contributed by atoms with Gasteiger partial charge in [-0.25, -0.2) is 4.39 Å². The molecule has 1 saturated heterocycles. The van der Waals surface area contributed by atoms with Gasteiger partial charge in [0.2, 0.25) is 5.91 Å². The molecule has 1 aromatic rings. The standard InChI is InChI=1S/C19H21FN4OS/c1-11(2)19(8-17(25)24(3)18(22)23-19)16-7-14(10-26-16)12-4-5-15(20)13(6-12)9-21/h4-7,11,14H,8,10H2,1-3H3,(H2,22,23). The van der Waals surface area contributed by atoms with Crippen molar-refractivity contribution in [1.82, 2.24) is 10.2 Å². The average Bonchev–Trinajstić information content (AvgIpc) is 3.10. The molecule has 0 aliphatic carbocycles. The number of nitriles is 1. The molecule has 0 saturated carbocycles. The highest BCUT2D eigenvalue weighted by atomic mass is 32.2. The number of hydrogen-bond donors (Lipinski definition) is 2. The quantitative estimate of drug-likeness (QED) is 0.854. The zero-order chi connectivity index (χ0) is 19.1. The van der Waals surface area contributed by atoms with Gasteiger partial charge in [-0.3, -0.25) is 15.1 Å². The Morgan fingerprint density at radius 3 is 2.85 bits per heavy atom. The minimum atomic E-state index is -0.599. The van der Waals surface area contributed by atoms with Gasteiger partial charge in [-0.05, 0) is 23.6 Å². The molecular weight excluding hydrogens is 351 g/mol. The Morgan fingerprint density at radius 2 is 2.23 bits per heavy atom. The third-order valence-electron chi connectivity index (χ3n) is 5.22. The van der Waals surface area contributed by atoms with Crippen molar-refractivity contribution in [3.8, 4) is 6.07 Å². The van der Waals surface area contributed by atoms with E-state index in [9.17, 15) is 9.18 Å². The van der Waals surface area contributed by atoms with Crippen LogP contribution in [-0.2, 0) is 4.79 Å². The van der Waals surface area contributed by atoms with Gasteiger partial charge in [-0.15, -0.1) is 11.8 Å². The van der Waals surface area contributed by atoms with E-state index >= 15 is 0 Å². The summed E-state index contributed by atoms with van der Waals surface area (Å²) in [6.45, 7) is 4.08. The van der Waals surface area contributed by atoms with Crippen LogP contribution in [0.2, 0.25) is 0 Å². The van der Waals surface area contributed by atoms with E-state index in [0.29, 0.717) is 6.42 Å². The fourth-order valence-electron chi connectivity index (χ4n) is 3.39. The van der Waals surface area contributed by atoms with E-state index in [1.165, 1.54) is 11.0 Å². The number of benzene rings is 1. The van der Waals surface area contributed by atoms with E-state index in [2.05, 4.69) is 11.4 Å². The molecule has 26 heavy (non-hydrogen) atoms. The van der Waals surface area contributed by atoms with Crippen molar-refractivity contribution in [3.05, 3.63) is 46.1 Å². The van der Waals surface area contributed by atoms with Gasteiger partial charge in [0, 0.05) is 23.6 Å². The SMILES string of the molecule is CC(C)C1(C2=CC(c3ccc(F)c(C#N)c3)CS2)CC(=O)N(C)C(=N)N1. The first kappa shape index (κ1) is 18.5. The molecule has 2 heterocycles. The molecule has 7 heteroatoms. The van der Waals surface area contributed by atoms with E-state index in [4.69, 9.17) is 10.7 Å². The summed E-state index contributed by atoms with van der Waals surface area (Å²) in [6, 6.07) is 6.51. The number of hydrogen-bond acceptors (Lipinski definition) is 4. The molecule has 0 spiro atoms. The van der Waals surface area contributed by atoms with Crippen molar-refractivity contribution < 1.29 is 9.18 Å². The predicted molar refractivity (Wildman–Crippen MR) is 100 cm³/mol. The van der Waals surface area contributed by atoms with E-state index in [0.717, 1.165) is 16.2 Å². The van der Waals surface area contributed by atoms with E-state index in [1.54, 1.807) is 30.9 Å². The van der Waals surface area contributed by atoms with Gasteiger partial charge in [0.05, 0.1) is 17.5 Å². The predicted octanol–water partition coefficient (Wildman–Crippen LogP) is 3.19. The number of rotatable bonds is 3. The molecule has 136 valence electrons. The van der Waals surface area contributed by atoms with Crippen molar-refractivity contribution in [2.45, 2.75) is 31.7 Å². The number of amides is 1. The lowest BCUT2D eigenvalue weighted by Gasteiger charge is -2.45. The van der Waals surface area contributed by atoms with Gasteiger partial charge in [-0.2, -0.15) is 5.26 Å². The van der Waals surface area contributed by atoms with Crippen molar-refractivity contribution in [1.29, 1.82) is 10.7 Å². The van der Waals surface area contributed by atoms with Crippen LogP contribution >= 0.6 is 11.8 Å². The summed E-state index contributed by atoms with van der Waals surface area (Å²) >= 11 is 1.66. The lowest BCUT2D eigenvalue weighted by molar-refractivity contribution is -0.129. The molecule has 1 aromatic carbocycles. The third-order valence-corrected chi connectivity index (χ3v) is 6.55. The van der Waals surface area contributed by atoms with Crippen LogP contribution in [0.5, 0.6) is 0 Å². The van der Waals surface area contributed by atoms with Gasteiger partial charge in [-0.1, -0.05) is 26.0 Å². The van der Waals surface area contributed by atoms with Crippen LogP contribution in [0.4, 0.5) is 4.39 Å². The maximum absolute atomic E-state index is 13.6. The number of halogens is 1. The third kappa shape index (κ3) is 2.99. The highest BCUT2D eigenvalue weighted by molar-refractivity contribution is 8.03. The number of nitrogens with zero attached hydrogens (tertiary/aromatic N) is 2. The van der Waals surface area contributed by atoms with E-state index in [-0.39, 0.29) is 29.3 Å². The smallest absolute Gasteiger partial charge is 0.231 e. The molecule has 2 aliphatic heterocycles. The molecule has 2 aliphatic rings. The van der Waals surface area contributed by atoms with Crippen molar-refractivity contribution in [3.63, 3.8) is 0 Å². The van der Waals surface area contributed by atoms with Gasteiger partial charge in [0.25, 0.3) is 0 Å². The number of carbonyl (C=O) groups excluding carboxylic acids is 1. The maximum atomic E-state index is 13.6. The summed E-state index contributed by atoms with van der Waals surface area (Å²) in [5, 5.41) is 20.4. The van der Waals surface area contributed by atoms with Crippen molar-refractivity contribution in [2.24, 2.45) is 5.92 Å². The summed E-state index contributed by atoms with van der Waals surface area (Å²) in [5.41, 5.74) is 0.332. The Kier molecular flexibility index (Phi) is 4.80. The number of thioether (sulfide) groups is 1. The van der Waals surface area contributed by atoms with Gasteiger partial charge >= 0.3 is 0 Å². The lowest BCUT2D eigenvalue weighted by atomic mass is 9.80. The van der Waals surface area contributed by atoms with Crippen LogP contribution in [0.25, 0.3) is 0 Å². The summed E-state index contributed by atoms with van der Waals surface area (Å²) in [6.07, 6.45) is 2.39. The topological polar surface area (TPSA) is 80.0 Å². The van der Waals surface area contributed by atoms with Crippen LogP contribution in [-0.4, -0.2) is 35.1 Å². The molecule has 0 radical (unpaired) electrons. The number of carbonyl (C=O) groups is 1. The summed E-state index contributed by atoms with van der Waals surface area (Å²) < 4.78 is 13.6. The summed E-state index contributed by atoms with van der Waals surface area (Å²) in [7, 11) is 1.60. The zero-order valence-electron chi connectivity index (χ0n) is 15.0. The molecule has 2 atom stereocenters. The average molecular weight is 372 g/mol. The maximum Gasteiger partial charge on any atom is 0.231 e. The van der Waals surface area contributed by atoms with Gasteiger partial charge in [0.1, 0.15) is 11.9 Å². The molecule has 3 rings (SSSR count). The van der Waals surface area contributed by atoms with Gasteiger partial charge < -0.3 is 5.32 Å². The van der Waals surface area contributed by atoms with Gasteiger partial charge in [0.15, 0.2) is 5.96 Å². The monoisotopic (exact) mass is 372 g/mol. The van der Waals surface area contributed by atoms with Crippen LogP contribution in [0.3, 0.4) is 0 Å². The van der Waals surface area contributed by atoms with Crippen LogP contribution in [0.15, 0.2) is 29.2 Å². The molecule has 0 bridgehead atoms. The highest BCUT2D eigenvalue weighted by Crippen LogP contribution is 2.46. The van der Waals surface area contributed by atoms with Crippen molar-refractivity contribution >= 4 is 23.6 Å². The minimum Gasteiger partial charge on any atom is -0.345 e. The molecule has 1 amide bonds. The summed E-state index contributed by atoms with van der Waals surface area (Å²) in [5.74, 6) is 0.430. The Bertz CT molecular complexity index is 824. The first-order valence-corrected chi connectivity index (χ1v) is 9.45. The van der Waals surface area contributed by atoms with Crippen LogP contribution in [0.1, 0.15) is 37.3 Å². The first-order valence-electron chi connectivity index (χ1n) is 8.46. The largest absolute Gasteiger partial charge is 0.345 e. The fraction of sp³-hybridized carbons (Fsp3) is 0.421. The minimum absolute atomic E-state index is 0.0438. The van der Waals surface area contributed by atoms with Crippen molar-refractivity contribution in [2.75, 3.05) is 12.8 Å². The Morgan fingerprint density at radius 1 is 1.50 bits per heavy atom.